The van der Waals surface area contributed by atoms with Crippen molar-refractivity contribution in [3.63, 3.8) is 0 Å². The largest absolute Gasteiger partial charge is 0.352 e. The molecule has 0 unspecified atom stereocenters. The van der Waals surface area contributed by atoms with E-state index in [0.29, 0.717) is 43.3 Å². The van der Waals surface area contributed by atoms with Crippen molar-refractivity contribution in [3.05, 3.63) is 36.2 Å². The highest BCUT2D eigenvalue weighted by Gasteiger charge is 2.51. The second-order valence-corrected chi connectivity index (χ2v) is 9.95. The molecule has 0 saturated carbocycles. The summed E-state index contributed by atoms with van der Waals surface area (Å²) >= 11 is 0. The van der Waals surface area contributed by atoms with Gasteiger partial charge < -0.3 is 15.5 Å². The fourth-order valence-electron chi connectivity index (χ4n) is 5.29. The maximum Gasteiger partial charge on any atom is 0.247 e. The Morgan fingerprint density at radius 1 is 1.09 bits per heavy atom. The highest BCUT2D eigenvalue weighted by atomic mass is 16.2. The van der Waals surface area contributed by atoms with Crippen molar-refractivity contribution in [1.29, 1.82) is 0 Å². The number of benzene rings is 1. The number of hydrogen-bond acceptors (Lipinski definition) is 8. The van der Waals surface area contributed by atoms with Crippen molar-refractivity contribution in [3.8, 4) is 0 Å². The van der Waals surface area contributed by atoms with Gasteiger partial charge in [0, 0.05) is 55.1 Å². The van der Waals surface area contributed by atoms with Gasteiger partial charge >= 0.3 is 0 Å². The Bertz CT molecular complexity index is 1380. The molecule has 3 amide bonds. The van der Waals surface area contributed by atoms with E-state index in [1.54, 1.807) is 16.9 Å². The summed E-state index contributed by atoms with van der Waals surface area (Å²) in [6.45, 7) is 5.13. The van der Waals surface area contributed by atoms with Crippen molar-refractivity contribution in [1.82, 2.24) is 24.9 Å². The van der Waals surface area contributed by atoms with Gasteiger partial charge in [-0.2, -0.15) is 4.98 Å². The molecule has 34 heavy (non-hydrogen) atoms. The van der Waals surface area contributed by atoms with Crippen LogP contribution in [-0.2, 0) is 19.8 Å². The third-order valence-corrected chi connectivity index (χ3v) is 7.00. The lowest BCUT2D eigenvalue weighted by Crippen LogP contribution is -2.34. The molecule has 2 fully saturated rings. The zero-order valence-corrected chi connectivity index (χ0v) is 18.9. The predicted molar refractivity (Wildman–Crippen MR) is 124 cm³/mol. The minimum atomic E-state index is -0.700. The number of nitrogens with one attached hydrogen (secondary N) is 3. The van der Waals surface area contributed by atoms with Crippen LogP contribution in [0.15, 0.2) is 30.6 Å². The second-order valence-electron chi connectivity index (χ2n) is 9.95. The minimum absolute atomic E-state index is 0.00255. The average molecular weight is 460 g/mol. The molecule has 5 heterocycles. The van der Waals surface area contributed by atoms with Crippen LogP contribution >= 0.6 is 0 Å². The molecule has 3 aliphatic heterocycles. The van der Waals surface area contributed by atoms with Crippen LogP contribution in [0.3, 0.4) is 0 Å². The molecule has 3 aliphatic rings. The van der Waals surface area contributed by atoms with Gasteiger partial charge in [-0.05, 0) is 24.1 Å². The van der Waals surface area contributed by atoms with E-state index in [1.807, 2.05) is 23.1 Å². The summed E-state index contributed by atoms with van der Waals surface area (Å²) in [4.78, 5) is 47.4. The zero-order valence-electron chi connectivity index (χ0n) is 18.9. The van der Waals surface area contributed by atoms with Gasteiger partial charge in [0.25, 0.3) is 0 Å². The number of anilines is 4. The molecule has 174 valence electrons. The van der Waals surface area contributed by atoms with Crippen LogP contribution in [0.2, 0.25) is 0 Å². The van der Waals surface area contributed by atoms with Gasteiger partial charge in [0.1, 0.15) is 0 Å². The van der Waals surface area contributed by atoms with E-state index >= 15 is 0 Å². The Balaban J connectivity index is 1.28. The van der Waals surface area contributed by atoms with Crippen LogP contribution in [0, 0.1) is 5.41 Å². The van der Waals surface area contributed by atoms with Crippen LogP contribution in [0.1, 0.15) is 38.7 Å². The maximum absolute atomic E-state index is 12.4. The van der Waals surface area contributed by atoms with Crippen LogP contribution < -0.4 is 20.9 Å². The fraction of sp³-hybridized carbons (Fsp3) is 0.391. The molecule has 0 bridgehead atoms. The number of fused-ring (bicyclic) bond motifs is 2. The van der Waals surface area contributed by atoms with Gasteiger partial charge in [0.05, 0.1) is 5.41 Å². The molecule has 1 aromatic carbocycles. The Morgan fingerprint density at radius 3 is 2.71 bits per heavy atom. The van der Waals surface area contributed by atoms with Crippen LogP contribution in [0.25, 0.3) is 5.65 Å². The molecule has 0 radical (unpaired) electrons. The molecule has 11 nitrogen and oxygen atoms in total. The Labute approximate surface area is 194 Å². The van der Waals surface area contributed by atoms with E-state index in [9.17, 15) is 14.4 Å². The van der Waals surface area contributed by atoms with E-state index in [4.69, 9.17) is 0 Å². The molecule has 0 aliphatic carbocycles. The first kappa shape index (κ1) is 20.6. The molecular weight excluding hydrogens is 436 g/mol. The molecule has 11 heteroatoms. The first-order valence-corrected chi connectivity index (χ1v) is 11.2. The first-order chi connectivity index (χ1) is 16.2. The summed E-state index contributed by atoms with van der Waals surface area (Å²) in [5.74, 6) is 0.567. The molecule has 2 aromatic heterocycles. The molecular formula is C23H24N8O3. The summed E-state index contributed by atoms with van der Waals surface area (Å²) < 4.78 is 1.64. The predicted octanol–water partition coefficient (Wildman–Crippen LogP) is 1.73. The molecule has 3 aromatic rings. The topological polar surface area (TPSA) is 134 Å². The van der Waals surface area contributed by atoms with Gasteiger partial charge in [-0.3, -0.25) is 19.7 Å². The first-order valence-electron chi connectivity index (χ1n) is 11.2. The lowest BCUT2D eigenvalue weighted by molar-refractivity contribution is -0.128. The van der Waals surface area contributed by atoms with Gasteiger partial charge in [-0.1, -0.05) is 19.9 Å². The SMILES string of the molecule is CC1(C)CC(=O)Nc2cc(Nc3nc4c(N5CC[C@@]6(CC(=O)NC6=O)C5)nccn4n3)ccc21. The van der Waals surface area contributed by atoms with Gasteiger partial charge in [0.15, 0.2) is 11.5 Å². The number of carbonyl (C=O) groups is 3. The van der Waals surface area contributed by atoms with Crippen molar-refractivity contribution in [2.45, 2.75) is 38.5 Å². The van der Waals surface area contributed by atoms with Gasteiger partial charge in [-0.25, -0.2) is 9.50 Å². The molecule has 1 atom stereocenters. The van der Waals surface area contributed by atoms with Gasteiger partial charge in [-0.15, -0.1) is 5.10 Å². The van der Waals surface area contributed by atoms with E-state index in [-0.39, 0.29) is 29.6 Å². The monoisotopic (exact) mass is 460 g/mol. The van der Waals surface area contributed by atoms with E-state index in [2.05, 4.69) is 44.9 Å². The Hall–Kier alpha value is -4.02. The number of aromatic nitrogens is 4. The van der Waals surface area contributed by atoms with Crippen molar-refractivity contribution >= 4 is 46.5 Å². The van der Waals surface area contributed by atoms with E-state index < -0.39 is 5.41 Å². The molecule has 6 rings (SSSR count). The second kappa shape index (κ2) is 6.99. The van der Waals surface area contributed by atoms with Crippen molar-refractivity contribution < 1.29 is 14.4 Å². The third kappa shape index (κ3) is 3.18. The zero-order chi connectivity index (χ0) is 23.7. The van der Waals surface area contributed by atoms with E-state index in [1.165, 1.54) is 0 Å². The standard InChI is InChI=1S/C23H24N8O3/c1-22(2)10-16(32)26-15-9-13(3-4-14(15)22)25-21-28-19-18(24-6-8-31(19)29-21)30-7-5-23(12-30)11-17(33)27-20(23)34/h3-4,6,8-9H,5,7,10-12H2,1-2H3,(H,25,29)(H,26,32)(H,27,33,34)/t23-/m1/s1. The quantitative estimate of drug-likeness (QED) is 0.503. The van der Waals surface area contributed by atoms with Crippen LogP contribution in [-0.4, -0.2) is 50.4 Å². The van der Waals surface area contributed by atoms with Crippen molar-refractivity contribution in [2.24, 2.45) is 5.41 Å². The maximum atomic E-state index is 12.4. The summed E-state index contributed by atoms with van der Waals surface area (Å²) in [5.41, 5.74) is 2.25. The number of carbonyl (C=O) groups excluding carboxylic acids is 3. The fourth-order valence-corrected chi connectivity index (χ4v) is 5.29. The third-order valence-electron chi connectivity index (χ3n) is 7.00. The molecule has 2 saturated heterocycles. The summed E-state index contributed by atoms with van der Waals surface area (Å²) in [6.07, 6.45) is 4.59. The highest BCUT2D eigenvalue weighted by Crippen LogP contribution is 2.40. The number of nitrogens with zero attached hydrogens (tertiary/aromatic N) is 5. The summed E-state index contributed by atoms with van der Waals surface area (Å²) in [5, 5.41) is 13.1. The molecule has 3 N–H and O–H groups in total. The number of rotatable bonds is 3. The number of imide groups is 1. The van der Waals surface area contributed by atoms with Gasteiger partial charge in [0.2, 0.25) is 23.7 Å². The number of hydrogen-bond donors (Lipinski definition) is 3. The highest BCUT2D eigenvalue weighted by molar-refractivity contribution is 6.06. The Morgan fingerprint density at radius 2 is 1.91 bits per heavy atom. The number of amides is 3. The van der Waals surface area contributed by atoms with Crippen LogP contribution in [0.4, 0.5) is 23.1 Å². The van der Waals surface area contributed by atoms with E-state index in [0.717, 1.165) is 16.9 Å². The minimum Gasteiger partial charge on any atom is -0.352 e. The summed E-state index contributed by atoms with van der Waals surface area (Å²) in [7, 11) is 0. The lowest BCUT2D eigenvalue weighted by atomic mass is 9.78. The normalized spacial score (nSPS) is 23.4. The van der Waals surface area contributed by atoms with Crippen LogP contribution in [0.5, 0.6) is 0 Å². The Kier molecular flexibility index (Phi) is 4.23. The van der Waals surface area contributed by atoms with Crippen molar-refractivity contribution in [2.75, 3.05) is 28.6 Å². The smallest absolute Gasteiger partial charge is 0.247 e. The lowest BCUT2D eigenvalue weighted by Gasteiger charge is -2.32. The average Bonchev–Trinajstić information content (AvgIpc) is 3.43. The molecule has 1 spiro atoms. The summed E-state index contributed by atoms with van der Waals surface area (Å²) in [6, 6.07) is 5.85.